The first-order valence-electron chi connectivity index (χ1n) is 12.9. The fourth-order valence-electron chi connectivity index (χ4n) is 4.45. The highest BCUT2D eigenvalue weighted by Crippen LogP contribution is 2.30. The summed E-state index contributed by atoms with van der Waals surface area (Å²) in [5, 5.41) is 0. The molecule has 0 aromatic heterocycles. The zero-order valence-electron chi connectivity index (χ0n) is 20.2. The Bertz CT molecular complexity index is 797. The number of anilines is 1. The molecule has 0 radical (unpaired) electrons. The maximum absolute atomic E-state index is 12.5. The van der Waals surface area contributed by atoms with Crippen molar-refractivity contribution < 1.29 is 9.53 Å². The Labute approximate surface area is 195 Å². The summed E-state index contributed by atoms with van der Waals surface area (Å²) in [5.74, 6) is 0. The summed E-state index contributed by atoms with van der Waals surface area (Å²) < 4.78 is 5.70. The first-order chi connectivity index (χ1) is 15.7. The van der Waals surface area contributed by atoms with Gasteiger partial charge in [0.15, 0.2) is 0 Å². The van der Waals surface area contributed by atoms with E-state index in [1.54, 1.807) is 4.90 Å². The number of rotatable bonds is 14. The molecule has 174 valence electrons. The largest absolute Gasteiger partial charge is 0.439 e. The monoisotopic (exact) mass is 435 g/mol. The Morgan fingerprint density at radius 1 is 0.719 bits per heavy atom. The van der Waals surface area contributed by atoms with Crippen molar-refractivity contribution in [1.29, 1.82) is 0 Å². The van der Waals surface area contributed by atoms with Crippen molar-refractivity contribution in [3.05, 3.63) is 65.2 Å². The fourth-order valence-corrected chi connectivity index (χ4v) is 4.45. The molecule has 1 saturated heterocycles. The number of hydrogen-bond acceptors (Lipinski definition) is 2. The van der Waals surface area contributed by atoms with Gasteiger partial charge in [0.05, 0.1) is 6.54 Å². The molecule has 2 aromatic carbocycles. The molecule has 1 amide bonds. The van der Waals surface area contributed by atoms with Crippen molar-refractivity contribution >= 4 is 11.8 Å². The molecule has 32 heavy (non-hydrogen) atoms. The lowest BCUT2D eigenvalue weighted by Crippen LogP contribution is -2.23. The van der Waals surface area contributed by atoms with Gasteiger partial charge in [0, 0.05) is 5.69 Å². The van der Waals surface area contributed by atoms with Gasteiger partial charge in [-0.05, 0) is 54.5 Å². The topological polar surface area (TPSA) is 29.5 Å². The van der Waals surface area contributed by atoms with E-state index in [2.05, 4.69) is 62.4 Å². The summed E-state index contributed by atoms with van der Waals surface area (Å²) in [7, 11) is 0. The van der Waals surface area contributed by atoms with E-state index < -0.39 is 0 Å². The summed E-state index contributed by atoms with van der Waals surface area (Å²) in [6.07, 6.45) is 14.8. The summed E-state index contributed by atoms with van der Waals surface area (Å²) in [4.78, 5) is 14.3. The van der Waals surface area contributed by atoms with Crippen LogP contribution in [0, 0.1) is 0 Å². The molecule has 1 fully saturated rings. The zero-order valence-corrected chi connectivity index (χ0v) is 20.2. The van der Waals surface area contributed by atoms with Gasteiger partial charge in [0.2, 0.25) is 0 Å². The Kier molecular flexibility index (Phi) is 10.1. The lowest BCUT2D eigenvalue weighted by Gasteiger charge is -2.14. The van der Waals surface area contributed by atoms with Crippen LogP contribution in [0.4, 0.5) is 10.5 Å². The van der Waals surface area contributed by atoms with E-state index in [9.17, 15) is 4.79 Å². The van der Waals surface area contributed by atoms with E-state index in [0.717, 1.165) is 24.1 Å². The van der Waals surface area contributed by atoms with E-state index in [0.29, 0.717) is 6.54 Å². The molecule has 3 nitrogen and oxygen atoms in total. The van der Waals surface area contributed by atoms with Gasteiger partial charge in [0.25, 0.3) is 0 Å². The molecule has 1 unspecified atom stereocenters. The average molecular weight is 436 g/mol. The number of ether oxygens (including phenoxy) is 1. The Morgan fingerprint density at radius 2 is 1.22 bits per heavy atom. The van der Waals surface area contributed by atoms with Crippen LogP contribution in [-0.2, 0) is 17.6 Å². The van der Waals surface area contributed by atoms with Crippen molar-refractivity contribution in [2.24, 2.45) is 0 Å². The van der Waals surface area contributed by atoms with Crippen molar-refractivity contribution in [3.63, 3.8) is 0 Å². The fraction of sp³-hybridized carbons (Fsp3) is 0.552. The van der Waals surface area contributed by atoms with Gasteiger partial charge in [-0.3, -0.25) is 4.90 Å². The van der Waals surface area contributed by atoms with Crippen LogP contribution in [0.15, 0.2) is 48.5 Å². The second kappa shape index (κ2) is 13.3. The second-order valence-corrected chi connectivity index (χ2v) is 9.22. The third-order valence-electron chi connectivity index (χ3n) is 6.55. The van der Waals surface area contributed by atoms with Gasteiger partial charge in [-0.1, -0.05) is 102 Å². The van der Waals surface area contributed by atoms with Gasteiger partial charge in [-0.2, -0.15) is 0 Å². The Hall–Kier alpha value is -2.29. The van der Waals surface area contributed by atoms with Crippen molar-refractivity contribution in [3.8, 4) is 0 Å². The van der Waals surface area contributed by atoms with Gasteiger partial charge >= 0.3 is 6.09 Å². The van der Waals surface area contributed by atoms with E-state index in [-0.39, 0.29) is 12.2 Å². The van der Waals surface area contributed by atoms with Crippen molar-refractivity contribution in [1.82, 2.24) is 0 Å². The quantitative estimate of drug-likeness (QED) is 0.279. The summed E-state index contributed by atoms with van der Waals surface area (Å²) in [5.41, 5.74) is 4.73. The molecule has 0 bridgehead atoms. The predicted octanol–water partition coefficient (Wildman–Crippen LogP) is 8.41. The number of hydrogen-bond donors (Lipinski definition) is 0. The van der Waals surface area contributed by atoms with Gasteiger partial charge in [-0.15, -0.1) is 0 Å². The lowest BCUT2D eigenvalue weighted by molar-refractivity contribution is 0.142. The molecule has 3 rings (SSSR count). The highest BCUT2D eigenvalue weighted by atomic mass is 16.6. The molecular weight excluding hydrogens is 394 g/mol. The molecule has 1 heterocycles. The van der Waals surface area contributed by atoms with Crippen LogP contribution in [0.5, 0.6) is 0 Å². The number of carbonyl (C=O) groups excluding carboxylic acids is 1. The van der Waals surface area contributed by atoms with Crippen LogP contribution in [0.3, 0.4) is 0 Å². The standard InChI is InChI=1S/C29H41NO2/c1-3-5-7-9-10-12-14-25-17-21-27(22-18-25)30-23-28(32-29(30)31)26-19-15-24(16-20-26)13-11-8-6-4-2/h15-22,28H,3-14,23H2,1-2H3. The number of aryl methyl sites for hydroxylation is 2. The molecule has 1 atom stereocenters. The molecule has 1 aliphatic rings. The van der Waals surface area contributed by atoms with Gasteiger partial charge in [0.1, 0.15) is 6.10 Å². The van der Waals surface area contributed by atoms with Crippen LogP contribution in [0.25, 0.3) is 0 Å². The minimum atomic E-state index is -0.248. The van der Waals surface area contributed by atoms with Crippen molar-refractivity contribution in [2.45, 2.75) is 97.0 Å². The van der Waals surface area contributed by atoms with E-state index in [4.69, 9.17) is 4.74 Å². The van der Waals surface area contributed by atoms with E-state index >= 15 is 0 Å². The Balaban J connectivity index is 1.47. The molecule has 1 aliphatic heterocycles. The minimum Gasteiger partial charge on any atom is -0.439 e. The summed E-state index contributed by atoms with van der Waals surface area (Å²) in [6.45, 7) is 5.07. The highest BCUT2D eigenvalue weighted by molar-refractivity contribution is 5.89. The number of amides is 1. The van der Waals surface area contributed by atoms with Gasteiger partial charge < -0.3 is 4.74 Å². The highest BCUT2D eigenvalue weighted by Gasteiger charge is 2.33. The van der Waals surface area contributed by atoms with Crippen LogP contribution in [0.1, 0.15) is 101 Å². The van der Waals surface area contributed by atoms with E-state index in [1.165, 1.54) is 75.3 Å². The Morgan fingerprint density at radius 3 is 1.81 bits per heavy atom. The predicted molar refractivity (Wildman–Crippen MR) is 134 cm³/mol. The summed E-state index contributed by atoms with van der Waals surface area (Å²) in [6, 6.07) is 17.1. The van der Waals surface area contributed by atoms with Crippen LogP contribution in [-0.4, -0.2) is 12.6 Å². The minimum absolute atomic E-state index is 0.195. The third kappa shape index (κ3) is 7.39. The molecule has 3 heteroatoms. The molecule has 0 spiro atoms. The first-order valence-corrected chi connectivity index (χ1v) is 12.9. The zero-order chi connectivity index (χ0) is 22.6. The van der Waals surface area contributed by atoms with Gasteiger partial charge in [-0.25, -0.2) is 4.79 Å². The molecule has 0 aliphatic carbocycles. The number of cyclic esters (lactones) is 1. The number of unbranched alkanes of at least 4 members (excludes halogenated alkanes) is 8. The van der Waals surface area contributed by atoms with Crippen LogP contribution >= 0.6 is 0 Å². The average Bonchev–Trinajstić information content (AvgIpc) is 3.21. The first kappa shape index (κ1) is 24.4. The number of benzene rings is 2. The SMILES string of the molecule is CCCCCCCCc1ccc(N2CC(c3ccc(CCCCCC)cc3)OC2=O)cc1. The third-order valence-corrected chi connectivity index (χ3v) is 6.55. The lowest BCUT2D eigenvalue weighted by atomic mass is 10.0. The smallest absolute Gasteiger partial charge is 0.415 e. The number of nitrogens with zero attached hydrogens (tertiary/aromatic N) is 1. The molecule has 0 N–H and O–H groups in total. The van der Waals surface area contributed by atoms with Crippen LogP contribution < -0.4 is 4.90 Å². The van der Waals surface area contributed by atoms with Crippen molar-refractivity contribution in [2.75, 3.05) is 11.4 Å². The molecule has 2 aromatic rings. The maximum atomic E-state index is 12.5. The second-order valence-electron chi connectivity index (χ2n) is 9.22. The van der Waals surface area contributed by atoms with E-state index in [1.807, 2.05) is 0 Å². The van der Waals surface area contributed by atoms with Crippen LogP contribution in [0.2, 0.25) is 0 Å². The maximum Gasteiger partial charge on any atom is 0.415 e. The molecular formula is C29H41NO2. The molecule has 0 saturated carbocycles. The number of carbonyl (C=O) groups is 1. The summed E-state index contributed by atoms with van der Waals surface area (Å²) >= 11 is 0. The normalized spacial score (nSPS) is 15.9.